The summed E-state index contributed by atoms with van der Waals surface area (Å²) in [7, 11) is 1.62. The Morgan fingerprint density at radius 2 is 1.58 bits per heavy atom. The minimum Gasteiger partial charge on any atom is -0.493 e. The van der Waals surface area contributed by atoms with Gasteiger partial charge in [-0.15, -0.1) is 0 Å². The Morgan fingerprint density at radius 1 is 0.861 bits per heavy atom. The molecule has 3 rings (SSSR count). The lowest BCUT2D eigenvalue weighted by Gasteiger charge is -2.15. The number of benzene rings is 3. The lowest BCUT2D eigenvalue weighted by molar-refractivity contribution is 0.0972. The molecule has 0 saturated heterocycles. The molecule has 6 nitrogen and oxygen atoms in total. The summed E-state index contributed by atoms with van der Waals surface area (Å²) in [6.45, 7) is 5.86. The molecule has 0 aliphatic carbocycles. The highest BCUT2D eigenvalue weighted by atomic mass is 32.1. The highest BCUT2D eigenvalue weighted by Crippen LogP contribution is 2.28. The Kier molecular flexibility index (Phi) is 10.6. The maximum absolute atomic E-state index is 12.9. The summed E-state index contributed by atoms with van der Waals surface area (Å²) >= 11 is 5.35. The van der Waals surface area contributed by atoms with Crippen molar-refractivity contribution in [1.29, 1.82) is 0 Å². The first-order valence-electron chi connectivity index (χ1n) is 12.1. The molecular weight excluding hydrogens is 472 g/mol. The van der Waals surface area contributed by atoms with E-state index < -0.39 is 0 Å². The Bertz CT molecular complexity index is 1140. The normalized spacial score (nSPS) is 10.6. The fourth-order valence-corrected chi connectivity index (χ4v) is 3.61. The van der Waals surface area contributed by atoms with Crippen molar-refractivity contribution in [2.45, 2.75) is 33.2 Å². The molecule has 0 unspecified atom stereocenters. The van der Waals surface area contributed by atoms with Gasteiger partial charge >= 0.3 is 0 Å². The summed E-state index contributed by atoms with van der Waals surface area (Å²) in [6, 6.07) is 23.0. The molecule has 190 valence electrons. The second-order valence-electron chi connectivity index (χ2n) is 8.73. The number of hydrogen-bond donors (Lipinski definition) is 2. The minimum absolute atomic E-state index is 0.232. The van der Waals surface area contributed by atoms with Crippen LogP contribution in [0.2, 0.25) is 0 Å². The van der Waals surface area contributed by atoms with Gasteiger partial charge in [-0.25, -0.2) is 0 Å². The molecule has 1 amide bonds. The highest BCUT2D eigenvalue weighted by molar-refractivity contribution is 7.80. The molecule has 0 aromatic heterocycles. The van der Waals surface area contributed by atoms with E-state index in [1.54, 1.807) is 25.3 Å². The lowest BCUT2D eigenvalue weighted by Crippen LogP contribution is -2.39. The van der Waals surface area contributed by atoms with Crippen molar-refractivity contribution >= 4 is 23.2 Å². The van der Waals surface area contributed by atoms with Gasteiger partial charge in [0.25, 0.3) is 5.91 Å². The van der Waals surface area contributed by atoms with E-state index in [-0.39, 0.29) is 11.0 Å². The molecule has 0 radical (unpaired) electrons. The van der Waals surface area contributed by atoms with E-state index in [1.807, 2.05) is 42.5 Å². The van der Waals surface area contributed by atoms with Crippen LogP contribution in [0.1, 0.15) is 41.8 Å². The Labute approximate surface area is 219 Å². The lowest BCUT2D eigenvalue weighted by atomic mass is 10.1. The maximum Gasteiger partial charge on any atom is 0.261 e. The summed E-state index contributed by atoms with van der Waals surface area (Å²) in [5, 5.41) is 6.05. The smallest absolute Gasteiger partial charge is 0.261 e. The van der Waals surface area contributed by atoms with E-state index in [1.165, 1.54) is 5.56 Å². The molecule has 0 bridgehead atoms. The largest absolute Gasteiger partial charge is 0.493 e. The molecule has 0 aliphatic rings. The van der Waals surface area contributed by atoms with Crippen LogP contribution in [0.25, 0.3) is 0 Å². The summed E-state index contributed by atoms with van der Waals surface area (Å²) < 4.78 is 17.2. The van der Waals surface area contributed by atoms with Crippen molar-refractivity contribution in [1.82, 2.24) is 10.6 Å². The van der Waals surface area contributed by atoms with Crippen LogP contribution >= 0.6 is 12.2 Å². The zero-order valence-electron chi connectivity index (χ0n) is 21.1. The number of carbonyl (C=O) groups is 1. The second-order valence-corrected chi connectivity index (χ2v) is 9.14. The number of ether oxygens (including phenoxy) is 3. The van der Waals surface area contributed by atoms with E-state index >= 15 is 0 Å². The first kappa shape index (κ1) is 27.0. The van der Waals surface area contributed by atoms with Crippen LogP contribution in [0.3, 0.4) is 0 Å². The first-order valence-corrected chi connectivity index (χ1v) is 12.5. The quantitative estimate of drug-likeness (QED) is 0.314. The molecule has 2 N–H and O–H groups in total. The molecule has 0 aliphatic heterocycles. The van der Waals surface area contributed by atoms with Crippen LogP contribution in [0.4, 0.5) is 0 Å². The van der Waals surface area contributed by atoms with Gasteiger partial charge in [0.05, 0.1) is 25.9 Å². The minimum atomic E-state index is -0.325. The third-order valence-electron chi connectivity index (χ3n) is 5.48. The van der Waals surface area contributed by atoms with Crippen LogP contribution in [-0.4, -0.2) is 31.3 Å². The fraction of sp³-hybridized carbons (Fsp3) is 0.310. The van der Waals surface area contributed by atoms with Gasteiger partial charge in [0, 0.05) is 13.0 Å². The molecule has 0 fully saturated rings. The molecule has 0 heterocycles. The van der Waals surface area contributed by atoms with E-state index in [2.05, 4.69) is 36.6 Å². The van der Waals surface area contributed by atoms with Crippen molar-refractivity contribution in [3.05, 3.63) is 89.5 Å². The number of thiocarbonyl (C=S) groups is 1. The average Bonchev–Trinajstić information content (AvgIpc) is 2.88. The summed E-state index contributed by atoms with van der Waals surface area (Å²) in [5.74, 6) is 2.14. The van der Waals surface area contributed by atoms with Gasteiger partial charge in [-0.3, -0.25) is 10.1 Å². The zero-order valence-corrected chi connectivity index (χ0v) is 21.9. The topological polar surface area (TPSA) is 68.8 Å². The molecule has 7 heteroatoms. The highest BCUT2D eigenvalue weighted by Gasteiger charge is 2.14. The summed E-state index contributed by atoms with van der Waals surface area (Å²) in [5.41, 5.74) is 2.56. The SMILES string of the molecule is COc1cc(CNC(=S)NC(=O)c2ccccc2OCCc2ccccc2)ccc1OCCC(C)C. The van der Waals surface area contributed by atoms with E-state index in [0.29, 0.717) is 48.5 Å². The van der Waals surface area contributed by atoms with Crippen LogP contribution in [-0.2, 0) is 13.0 Å². The Morgan fingerprint density at radius 3 is 2.33 bits per heavy atom. The van der Waals surface area contributed by atoms with Crippen molar-refractivity contribution in [2.75, 3.05) is 20.3 Å². The molecule has 36 heavy (non-hydrogen) atoms. The van der Waals surface area contributed by atoms with Crippen molar-refractivity contribution < 1.29 is 19.0 Å². The van der Waals surface area contributed by atoms with Gasteiger partial charge in [0.1, 0.15) is 5.75 Å². The predicted octanol–water partition coefficient (Wildman–Crippen LogP) is 5.55. The summed E-state index contributed by atoms with van der Waals surface area (Å²) in [6.07, 6.45) is 1.73. The van der Waals surface area contributed by atoms with Crippen LogP contribution < -0.4 is 24.8 Å². The van der Waals surface area contributed by atoms with Gasteiger partial charge in [-0.1, -0.05) is 62.4 Å². The number of para-hydroxylation sites is 1. The van der Waals surface area contributed by atoms with Crippen LogP contribution in [0, 0.1) is 5.92 Å². The first-order chi connectivity index (χ1) is 17.5. The third kappa shape index (κ3) is 8.57. The Balaban J connectivity index is 1.51. The van der Waals surface area contributed by atoms with Gasteiger partial charge in [0.15, 0.2) is 16.6 Å². The maximum atomic E-state index is 12.9. The van der Waals surface area contributed by atoms with Gasteiger partial charge in [0.2, 0.25) is 0 Å². The number of carbonyl (C=O) groups excluding carboxylic acids is 1. The van der Waals surface area contributed by atoms with E-state index in [9.17, 15) is 4.79 Å². The van der Waals surface area contributed by atoms with Gasteiger partial charge in [-0.05, 0) is 59.9 Å². The van der Waals surface area contributed by atoms with Crippen LogP contribution in [0.15, 0.2) is 72.8 Å². The van der Waals surface area contributed by atoms with E-state index in [4.69, 9.17) is 26.4 Å². The van der Waals surface area contributed by atoms with Gasteiger partial charge in [-0.2, -0.15) is 0 Å². The van der Waals surface area contributed by atoms with Crippen molar-refractivity contribution in [3.8, 4) is 17.2 Å². The molecule has 0 atom stereocenters. The average molecular weight is 507 g/mol. The fourth-order valence-electron chi connectivity index (χ4n) is 3.45. The van der Waals surface area contributed by atoms with Crippen molar-refractivity contribution in [3.63, 3.8) is 0 Å². The third-order valence-corrected chi connectivity index (χ3v) is 5.73. The number of methoxy groups -OCH3 is 1. The molecule has 3 aromatic rings. The standard InChI is InChI=1S/C29H34N2O4S/c1-21(2)15-17-35-26-14-13-23(19-27(26)33-3)20-30-29(36)31-28(32)24-11-7-8-12-25(24)34-18-16-22-9-5-4-6-10-22/h4-14,19,21H,15-18,20H2,1-3H3,(H2,30,31,32,36). The predicted molar refractivity (Wildman–Crippen MR) is 147 cm³/mol. The molecular formula is C29H34N2O4S. The number of hydrogen-bond acceptors (Lipinski definition) is 5. The summed E-state index contributed by atoms with van der Waals surface area (Å²) in [4.78, 5) is 12.9. The van der Waals surface area contributed by atoms with E-state index in [0.717, 1.165) is 18.4 Å². The van der Waals surface area contributed by atoms with Crippen molar-refractivity contribution in [2.24, 2.45) is 5.92 Å². The number of rotatable bonds is 12. The number of nitrogens with one attached hydrogen (secondary N) is 2. The molecule has 3 aromatic carbocycles. The zero-order chi connectivity index (χ0) is 25.8. The van der Waals surface area contributed by atoms with Gasteiger partial charge < -0.3 is 19.5 Å². The monoisotopic (exact) mass is 506 g/mol. The van der Waals surface area contributed by atoms with Crippen LogP contribution in [0.5, 0.6) is 17.2 Å². The Hall–Kier alpha value is -3.58. The molecule has 0 saturated carbocycles. The second kappa shape index (κ2) is 14.1. The number of amides is 1. The molecule has 0 spiro atoms.